The number of halogens is 1. The Bertz CT molecular complexity index is 988. The summed E-state index contributed by atoms with van der Waals surface area (Å²) >= 11 is 6.04. The van der Waals surface area contributed by atoms with E-state index < -0.39 is 5.60 Å². The van der Waals surface area contributed by atoms with E-state index in [4.69, 9.17) is 16.3 Å². The maximum absolute atomic E-state index is 11.5. The minimum Gasteiger partial charge on any atom is -0.455 e. The summed E-state index contributed by atoms with van der Waals surface area (Å²) in [4.78, 5) is 11.5. The molecule has 4 rings (SSSR count). The van der Waals surface area contributed by atoms with Gasteiger partial charge in [0.05, 0.1) is 5.41 Å². The predicted octanol–water partition coefficient (Wildman–Crippen LogP) is 4.26. The van der Waals surface area contributed by atoms with Crippen molar-refractivity contribution >= 4 is 23.2 Å². The van der Waals surface area contributed by atoms with E-state index in [1.807, 2.05) is 48.7 Å². The van der Waals surface area contributed by atoms with Gasteiger partial charge in [-0.1, -0.05) is 23.7 Å². The molecular weight excluding hydrogens is 350 g/mol. The molecule has 5 nitrogen and oxygen atoms in total. The smallest absolute Gasteiger partial charge is 0.303 e. The van der Waals surface area contributed by atoms with Gasteiger partial charge in [-0.05, 0) is 56.5 Å². The molecule has 1 aliphatic carbocycles. The molecule has 0 unspecified atom stereocenters. The molecule has 0 N–H and O–H groups in total. The Labute approximate surface area is 157 Å². The van der Waals surface area contributed by atoms with E-state index in [1.165, 1.54) is 12.5 Å². The maximum atomic E-state index is 11.5. The monoisotopic (exact) mass is 369 g/mol. The summed E-state index contributed by atoms with van der Waals surface area (Å²) in [7, 11) is 0. The van der Waals surface area contributed by atoms with Crippen molar-refractivity contribution in [2.24, 2.45) is 0 Å². The highest BCUT2D eigenvalue weighted by Crippen LogP contribution is 2.53. The lowest BCUT2D eigenvalue weighted by atomic mass is 9.94. The number of nitrogens with zero attached hydrogens (tertiary/aromatic N) is 3. The molecule has 3 aromatic rings. The topological polar surface area (TPSA) is 56.5 Å². The van der Waals surface area contributed by atoms with Crippen molar-refractivity contribution < 1.29 is 9.53 Å². The minimum absolute atomic E-state index is 0.131. The second-order valence-electron chi connectivity index (χ2n) is 7.33. The fraction of sp³-hybridized carbons (Fsp3) is 0.350. The van der Waals surface area contributed by atoms with Crippen LogP contribution in [-0.2, 0) is 20.5 Å². The molecule has 0 radical (unpaired) electrons. The van der Waals surface area contributed by atoms with E-state index in [0.717, 1.165) is 29.3 Å². The van der Waals surface area contributed by atoms with Crippen LogP contribution in [-0.4, -0.2) is 20.6 Å². The first kappa shape index (κ1) is 17.0. The van der Waals surface area contributed by atoms with Gasteiger partial charge in [-0.3, -0.25) is 9.20 Å². The third-order valence-electron chi connectivity index (χ3n) is 5.06. The summed E-state index contributed by atoms with van der Waals surface area (Å²) in [5.74, 6) is 0.590. The summed E-state index contributed by atoms with van der Waals surface area (Å²) in [5, 5.41) is 9.68. The number of esters is 1. The van der Waals surface area contributed by atoms with Gasteiger partial charge in [0.2, 0.25) is 0 Å². The average molecular weight is 370 g/mol. The molecule has 1 fully saturated rings. The van der Waals surface area contributed by atoms with Gasteiger partial charge in [-0.25, -0.2) is 0 Å². The minimum atomic E-state index is -0.782. The van der Waals surface area contributed by atoms with Crippen molar-refractivity contribution in [3.63, 3.8) is 0 Å². The molecule has 1 aliphatic rings. The zero-order chi connectivity index (χ0) is 18.5. The van der Waals surface area contributed by atoms with Gasteiger partial charge in [-0.2, -0.15) is 0 Å². The molecule has 0 aliphatic heterocycles. The van der Waals surface area contributed by atoms with Gasteiger partial charge in [-0.15, -0.1) is 10.2 Å². The Morgan fingerprint density at radius 2 is 1.88 bits per heavy atom. The van der Waals surface area contributed by atoms with E-state index in [0.29, 0.717) is 5.65 Å². The number of hydrogen-bond donors (Lipinski definition) is 0. The lowest BCUT2D eigenvalue weighted by molar-refractivity contribution is -0.154. The Balaban J connectivity index is 1.83. The van der Waals surface area contributed by atoms with E-state index in [2.05, 4.69) is 22.3 Å². The summed E-state index contributed by atoms with van der Waals surface area (Å²) < 4.78 is 7.52. The van der Waals surface area contributed by atoms with Crippen molar-refractivity contribution in [1.82, 2.24) is 14.6 Å². The largest absolute Gasteiger partial charge is 0.455 e. The van der Waals surface area contributed by atoms with Crippen molar-refractivity contribution in [1.29, 1.82) is 0 Å². The average Bonchev–Trinajstić information content (AvgIpc) is 3.26. The second kappa shape index (κ2) is 5.81. The molecule has 2 heterocycles. The zero-order valence-electron chi connectivity index (χ0n) is 15.0. The fourth-order valence-electron chi connectivity index (χ4n) is 3.66. The number of carbonyl (C=O) groups is 1. The van der Waals surface area contributed by atoms with Gasteiger partial charge in [0.1, 0.15) is 11.4 Å². The van der Waals surface area contributed by atoms with E-state index in [1.54, 1.807) is 0 Å². The highest BCUT2D eigenvalue weighted by molar-refractivity contribution is 6.30. The number of hydrogen-bond acceptors (Lipinski definition) is 4. The van der Waals surface area contributed by atoms with Crippen LogP contribution in [0.15, 0.2) is 42.6 Å². The molecule has 1 saturated carbocycles. The molecule has 26 heavy (non-hydrogen) atoms. The molecule has 0 saturated heterocycles. The number of pyridine rings is 1. The molecule has 134 valence electrons. The first-order valence-electron chi connectivity index (χ1n) is 8.64. The molecule has 6 heteroatoms. The van der Waals surface area contributed by atoms with Crippen molar-refractivity contribution in [2.75, 3.05) is 0 Å². The third-order valence-corrected chi connectivity index (χ3v) is 5.31. The number of carbonyl (C=O) groups excluding carboxylic acids is 1. The normalized spacial score (nSPS) is 15.8. The van der Waals surface area contributed by atoms with E-state index in [9.17, 15) is 4.79 Å². The number of rotatable bonds is 4. The summed E-state index contributed by atoms with van der Waals surface area (Å²) in [6.45, 7) is 5.14. The van der Waals surface area contributed by atoms with E-state index >= 15 is 0 Å². The Morgan fingerprint density at radius 3 is 2.50 bits per heavy atom. The summed E-state index contributed by atoms with van der Waals surface area (Å²) in [6.07, 6.45) is 4.01. The quantitative estimate of drug-likeness (QED) is 0.645. The molecule has 0 atom stereocenters. The predicted molar refractivity (Wildman–Crippen MR) is 99.2 cm³/mol. The number of ether oxygens (including phenoxy) is 1. The van der Waals surface area contributed by atoms with Gasteiger partial charge < -0.3 is 4.74 Å². The highest BCUT2D eigenvalue weighted by atomic mass is 35.5. The van der Waals surface area contributed by atoms with Crippen LogP contribution in [0, 0.1) is 0 Å². The molecule has 1 aromatic carbocycles. The molecule has 0 bridgehead atoms. The highest BCUT2D eigenvalue weighted by Gasteiger charge is 2.50. The van der Waals surface area contributed by atoms with Gasteiger partial charge in [0, 0.05) is 23.7 Å². The molecule has 2 aromatic heterocycles. The maximum Gasteiger partial charge on any atom is 0.303 e. The molecular formula is C20H20ClN3O2. The zero-order valence-corrected chi connectivity index (χ0v) is 15.7. The van der Waals surface area contributed by atoms with Crippen LogP contribution in [0.1, 0.15) is 50.6 Å². The third kappa shape index (κ3) is 2.67. The lowest BCUT2D eigenvalue weighted by Gasteiger charge is -2.25. The first-order chi connectivity index (χ1) is 12.3. The van der Waals surface area contributed by atoms with Crippen molar-refractivity contribution in [3.8, 4) is 0 Å². The number of benzene rings is 1. The standard InChI is InChI=1S/C20H20ClN3O2/c1-13(25)26-19(2,3)16-5-4-12-24-17(16)22-23-18(24)20(10-11-20)14-6-8-15(21)9-7-14/h4-9,12H,10-11H2,1-3H3. The van der Waals surface area contributed by atoms with Crippen LogP contribution in [0.5, 0.6) is 0 Å². The lowest BCUT2D eigenvalue weighted by Crippen LogP contribution is -2.25. The number of fused-ring (bicyclic) bond motifs is 1. The summed E-state index contributed by atoms with van der Waals surface area (Å²) in [5.41, 5.74) is 1.83. The SMILES string of the molecule is CC(=O)OC(C)(C)c1cccn2c(C3(c4ccc(Cl)cc4)CC3)nnc12. The van der Waals surface area contributed by atoms with Gasteiger partial charge >= 0.3 is 5.97 Å². The van der Waals surface area contributed by atoms with Crippen LogP contribution in [0.2, 0.25) is 5.02 Å². The first-order valence-corrected chi connectivity index (χ1v) is 9.02. The number of aromatic nitrogens is 3. The Hall–Kier alpha value is -2.40. The summed E-state index contributed by atoms with van der Waals surface area (Å²) in [6, 6.07) is 11.8. The van der Waals surface area contributed by atoms with Gasteiger partial charge in [0.15, 0.2) is 5.65 Å². The van der Waals surface area contributed by atoms with Crippen LogP contribution in [0.25, 0.3) is 5.65 Å². The van der Waals surface area contributed by atoms with Crippen LogP contribution in [0.4, 0.5) is 0 Å². The van der Waals surface area contributed by atoms with E-state index in [-0.39, 0.29) is 11.4 Å². The molecule has 0 spiro atoms. The van der Waals surface area contributed by atoms with Gasteiger partial charge in [0.25, 0.3) is 0 Å². The fourth-order valence-corrected chi connectivity index (χ4v) is 3.79. The van der Waals surface area contributed by atoms with Crippen LogP contribution in [0.3, 0.4) is 0 Å². The van der Waals surface area contributed by atoms with Crippen LogP contribution < -0.4 is 0 Å². The second-order valence-corrected chi connectivity index (χ2v) is 7.77. The molecule has 0 amide bonds. The van der Waals surface area contributed by atoms with Crippen molar-refractivity contribution in [2.45, 2.75) is 44.6 Å². The Morgan fingerprint density at radius 1 is 1.19 bits per heavy atom. The Kier molecular flexibility index (Phi) is 3.81. The van der Waals surface area contributed by atoms with Crippen LogP contribution >= 0.6 is 11.6 Å². The van der Waals surface area contributed by atoms with Crippen molar-refractivity contribution in [3.05, 3.63) is 64.6 Å².